The van der Waals surface area contributed by atoms with Gasteiger partial charge in [0.05, 0.1) is 23.7 Å². The zero-order chi connectivity index (χ0) is 13.6. The first kappa shape index (κ1) is 13.9. The summed E-state index contributed by atoms with van der Waals surface area (Å²) in [4.78, 5) is 11.8. The molecule has 1 aliphatic heterocycles. The molecule has 102 valence electrons. The van der Waals surface area contributed by atoms with E-state index >= 15 is 0 Å². The molecule has 0 aromatic heterocycles. The van der Waals surface area contributed by atoms with Crippen molar-refractivity contribution in [1.29, 1.82) is 0 Å². The minimum Gasteiger partial charge on any atom is -0.466 e. The predicted octanol–water partition coefficient (Wildman–Crippen LogP) is 2.42. The van der Waals surface area contributed by atoms with Crippen LogP contribution in [0.15, 0.2) is 0 Å². The van der Waals surface area contributed by atoms with Crippen LogP contribution in [0.2, 0.25) is 5.82 Å². The Labute approximate surface area is 110 Å². The summed E-state index contributed by atoms with van der Waals surface area (Å²) in [6, 6.07) is 0. The van der Waals surface area contributed by atoms with Crippen LogP contribution in [-0.2, 0) is 18.8 Å². The fourth-order valence-corrected chi connectivity index (χ4v) is 2.46. The summed E-state index contributed by atoms with van der Waals surface area (Å²) >= 11 is 0. The third-order valence-corrected chi connectivity index (χ3v) is 4.54. The Bertz CT molecular complexity index is 324. The summed E-state index contributed by atoms with van der Waals surface area (Å²) in [5.74, 6) is -0.0202. The Kier molecular flexibility index (Phi) is 3.49. The van der Waals surface area contributed by atoms with Gasteiger partial charge in [-0.25, -0.2) is 0 Å². The van der Waals surface area contributed by atoms with Crippen molar-refractivity contribution in [3.05, 3.63) is 0 Å². The first-order valence-corrected chi connectivity index (χ1v) is 6.81. The van der Waals surface area contributed by atoms with E-state index in [1.807, 2.05) is 34.6 Å². The number of rotatable bonds is 3. The molecular formula is C13H23BO4. The van der Waals surface area contributed by atoms with Crippen molar-refractivity contribution in [2.45, 2.75) is 64.5 Å². The van der Waals surface area contributed by atoms with Gasteiger partial charge in [0.25, 0.3) is 0 Å². The van der Waals surface area contributed by atoms with Crippen molar-refractivity contribution in [3.63, 3.8) is 0 Å². The molecule has 0 amide bonds. The first-order valence-electron chi connectivity index (χ1n) is 6.81. The van der Waals surface area contributed by atoms with Crippen LogP contribution < -0.4 is 0 Å². The van der Waals surface area contributed by atoms with Gasteiger partial charge in [-0.2, -0.15) is 0 Å². The number of esters is 1. The second-order valence-electron chi connectivity index (χ2n) is 6.22. The maximum atomic E-state index is 11.8. The van der Waals surface area contributed by atoms with Gasteiger partial charge < -0.3 is 14.0 Å². The lowest BCUT2D eigenvalue weighted by Gasteiger charge is -2.35. The summed E-state index contributed by atoms with van der Waals surface area (Å²) < 4.78 is 17.1. The van der Waals surface area contributed by atoms with E-state index in [-0.39, 0.29) is 36.0 Å². The van der Waals surface area contributed by atoms with Crippen molar-refractivity contribution in [2.75, 3.05) is 6.61 Å². The summed E-state index contributed by atoms with van der Waals surface area (Å²) in [7, 11) is -0.279. The molecule has 1 saturated carbocycles. The second-order valence-corrected chi connectivity index (χ2v) is 6.22. The van der Waals surface area contributed by atoms with Crippen molar-refractivity contribution in [1.82, 2.24) is 0 Å². The Balaban J connectivity index is 2.00. The van der Waals surface area contributed by atoms with Crippen LogP contribution >= 0.6 is 0 Å². The summed E-state index contributed by atoms with van der Waals surface area (Å²) in [6.45, 7) is 10.4. The molecule has 0 aromatic rings. The average molecular weight is 254 g/mol. The van der Waals surface area contributed by atoms with E-state index in [2.05, 4.69) is 0 Å². The molecule has 0 aromatic carbocycles. The van der Waals surface area contributed by atoms with E-state index in [0.717, 1.165) is 12.8 Å². The standard InChI is InChI=1S/C13H23BO4/c1-6-16-11(15)9-7-8-10(9)14-17-12(2,3)13(4,5)18-14/h9-10H,6-8H2,1-5H3/t9-,10+/m1/s1. The Morgan fingerprint density at radius 1 is 1.22 bits per heavy atom. The zero-order valence-corrected chi connectivity index (χ0v) is 12.0. The maximum absolute atomic E-state index is 11.8. The van der Waals surface area contributed by atoms with E-state index in [1.54, 1.807) is 0 Å². The smallest absolute Gasteiger partial charge is 0.462 e. The molecule has 2 atom stereocenters. The van der Waals surface area contributed by atoms with E-state index in [4.69, 9.17) is 14.0 Å². The SMILES string of the molecule is CCOC(=O)[C@@H]1CC[C@@H]1B1OC(C)(C)C(C)(C)O1. The van der Waals surface area contributed by atoms with Crippen LogP contribution in [0.5, 0.6) is 0 Å². The number of carbonyl (C=O) groups excluding carboxylic acids is 1. The quantitative estimate of drug-likeness (QED) is 0.573. The first-order chi connectivity index (χ1) is 8.28. The highest BCUT2D eigenvalue weighted by Gasteiger charge is 2.58. The van der Waals surface area contributed by atoms with Crippen LogP contribution in [0.3, 0.4) is 0 Å². The largest absolute Gasteiger partial charge is 0.466 e. The minimum atomic E-state index is -0.327. The van der Waals surface area contributed by atoms with Gasteiger partial charge in [-0.05, 0) is 41.0 Å². The van der Waals surface area contributed by atoms with Gasteiger partial charge in [-0.1, -0.05) is 6.42 Å². The molecule has 2 fully saturated rings. The van der Waals surface area contributed by atoms with Crippen molar-refractivity contribution in [3.8, 4) is 0 Å². The lowest BCUT2D eigenvalue weighted by molar-refractivity contribution is -0.151. The van der Waals surface area contributed by atoms with Crippen LogP contribution in [0.25, 0.3) is 0 Å². The highest BCUT2D eigenvalue weighted by molar-refractivity contribution is 6.48. The van der Waals surface area contributed by atoms with Gasteiger partial charge in [0.2, 0.25) is 0 Å². The van der Waals surface area contributed by atoms with Crippen molar-refractivity contribution < 1.29 is 18.8 Å². The molecule has 2 rings (SSSR count). The summed E-state index contributed by atoms with van der Waals surface area (Å²) in [5, 5.41) is 0. The molecule has 1 saturated heterocycles. The molecule has 0 unspecified atom stereocenters. The van der Waals surface area contributed by atoms with Crippen LogP contribution in [-0.4, -0.2) is 30.9 Å². The topological polar surface area (TPSA) is 44.8 Å². The number of hydrogen-bond donors (Lipinski definition) is 0. The Morgan fingerprint density at radius 3 is 2.17 bits per heavy atom. The maximum Gasteiger partial charge on any atom is 0.462 e. The number of ether oxygens (including phenoxy) is 1. The van der Waals surface area contributed by atoms with Crippen molar-refractivity contribution in [2.24, 2.45) is 5.92 Å². The molecule has 2 aliphatic rings. The summed E-state index contributed by atoms with van der Waals surface area (Å²) in [5.41, 5.74) is -0.654. The number of carbonyl (C=O) groups is 1. The van der Waals surface area contributed by atoms with Gasteiger partial charge in [-0.3, -0.25) is 4.79 Å². The number of hydrogen-bond acceptors (Lipinski definition) is 4. The van der Waals surface area contributed by atoms with Gasteiger partial charge in [0.15, 0.2) is 0 Å². The van der Waals surface area contributed by atoms with Crippen LogP contribution in [0, 0.1) is 5.92 Å². The Morgan fingerprint density at radius 2 is 1.78 bits per heavy atom. The second kappa shape index (κ2) is 4.53. The zero-order valence-electron chi connectivity index (χ0n) is 12.0. The lowest BCUT2D eigenvalue weighted by Crippen LogP contribution is -2.41. The van der Waals surface area contributed by atoms with Gasteiger partial charge in [0, 0.05) is 5.82 Å². The normalized spacial score (nSPS) is 33.1. The highest BCUT2D eigenvalue weighted by atomic mass is 16.7. The van der Waals surface area contributed by atoms with E-state index < -0.39 is 0 Å². The Hall–Kier alpha value is -0.545. The minimum absolute atomic E-state index is 0.0559. The molecule has 1 heterocycles. The van der Waals surface area contributed by atoms with Gasteiger partial charge in [0.1, 0.15) is 0 Å². The molecular weight excluding hydrogens is 231 g/mol. The summed E-state index contributed by atoms with van der Waals surface area (Å²) in [6.07, 6.45) is 1.86. The third-order valence-electron chi connectivity index (χ3n) is 4.54. The van der Waals surface area contributed by atoms with Gasteiger partial charge >= 0.3 is 13.1 Å². The highest BCUT2D eigenvalue weighted by Crippen LogP contribution is 2.49. The molecule has 0 radical (unpaired) electrons. The predicted molar refractivity (Wildman–Crippen MR) is 69.2 cm³/mol. The fraction of sp³-hybridized carbons (Fsp3) is 0.923. The van der Waals surface area contributed by atoms with E-state index in [1.165, 1.54) is 0 Å². The fourth-order valence-electron chi connectivity index (χ4n) is 2.46. The lowest BCUT2D eigenvalue weighted by atomic mass is 9.54. The molecule has 0 N–H and O–H groups in total. The molecule has 0 spiro atoms. The van der Waals surface area contributed by atoms with Crippen molar-refractivity contribution >= 4 is 13.1 Å². The monoisotopic (exact) mass is 254 g/mol. The van der Waals surface area contributed by atoms with Gasteiger partial charge in [-0.15, -0.1) is 0 Å². The average Bonchev–Trinajstić information content (AvgIpc) is 2.33. The molecule has 5 heteroatoms. The molecule has 0 bridgehead atoms. The van der Waals surface area contributed by atoms with Crippen LogP contribution in [0.1, 0.15) is 47.5 Å². The molecule has 18 heavy (non-hydrogen) atoms. The molecule has 4 nitrogen and oxygen atoms in total. The van der Waals surface area contributed by atoms with Crippen LogP contribution in [0.4, 0.5) is 0 Å². The van der Waals surface area contributed by atoms with E-state index in [0.29, 0.717) is 6.61 Å². The third kappa shape index (κ3) is 2.18. The van der Waals surface area contributed by atoms with E-state index in [9.17, 15) is 4.79 Å². The molecule has 1 aliphatic carbocycles.